The highest BCUT2D eigenvalue weighted by Gasteiger charge is 2.09. The van der Waals surface area contributed by atoms with Crippen molar-refractivity contribution < 1.29 is 0 Å². The minimum Gasteiger partial charge on any atom is -0.271 e. The van der Waals surface area contributed by atoms with Crippen LogP contribution in [0.2, 0.25) is 0 Å². The lowest BCUT2D eigenvalue weighted by molar-refractivity contribution is 0.574. The van der Waals surface area contributed by atoms with Crippen LogP contribution in [0.4, 0.5) is 0 Å². The van der Waals surface area contributed by atoms with Gasteiger partial charge in [-0.2, -0.15) is 11.8 Å². The Morgan fingerprint density at radius 2 is 2.00 bits per heavy atom. The summed E-state index contributed by atoms with van der Waals surface area (Å²) in [4.78, 5) is 0. The zero-order valence-electron chi connectivity index (χ0n) is 10.4. The van der Waals surface area contributed by atoms with Gasteiger partial charge in [0, 0.05) is 20.6 Å². The molecule has 1 rings (SSSR count). The summed E-state index contributed by atoms with van der Waals surface area (Å²) in [5.74, 6) is 6.68. The van der Waals surface area contributed by atoms with Crippen molar-refractivity contribution in [2.45, 2.75) is 38.0 Å². The van der Waals surface area contributed by atoms with Crippen molar-refractivity contribution in [2.24, 2.45) is 5.84 Å². The lowest BCUT2D eigenvalue weighted by Gasteiger charge is -2.17. The van der Waals surface area contributed by atoms with Crippen LogP contribution in [0.3, 0.4) is 0 Å². The van der Waals surface area contributed by atoms with E-state index in [1.165, 1.54) is 15.6 Å². The number of rotatable bonds is 7. The second kappa shape index (κ2) is 8.34. The van der Waals surface area contributed by atoms with Gasteiger partial charge >= 0.3 is 0 Å². The molecule has 0 saturated heterocycles. The molecule has 0 aromatic heterocycles. The molecule has 0 bridgehead atoms. The maximum atomic E-state index is 5.61. The average molecular weight is 364 g/mol. The maximum absolute atomic E-state index is 5.61. The number of nitrogens with one attached hydrogen (secondary N) is 1. The molecule has 2 atom stereocenters. The predicted octanol–water partition coefficient (Wildman–Crippen LogP) is 3.20. The number of nitrogens with two attached hydrogens (primary N) is 1. The smallest absolute Gasteiger partial charge is 0.0341 e. The van der Waals surface area contributed by atoms with Crippen LogP contribution in [0.25, 0.3) is 0 Å². The molecular weight excluding hydrogens is 343 g/mol. The Labute approximate surface area is 122 Å². The summed E-state index contributed by atoms with van der Waals surface area (Å²) in [6.07, 6.45) is 2.21. The van der Waals surface area contributed by atoms with Crippen molar-refractivity contribution >= 4 is 34.4 Å². The van der Waals surface area contributed by atoms with Crippen molar-refractivity contribution in [3.63, 3.8) is 0 Å². The third-order valence-electron chi connectivity index (χ3n) is 2.79. The first-order chi connectivity index (χ1) is 8.15. The zero-order valence-corrected chi connectivity index (χ0v) is 13.4. The molecule has 0 aliphatic rings. The van der Waals surface area contributed by atoms with Crippen LogP contribution >= 0.6 is 34.4 Å². The van der Waals surface area contributed by atoms with Crippen molar-refractivity contribution in [1.82, 2.24) is 5.43 Å². The summed E-state index contributed by atoms with van der Waals surface area (Å²) in [6, 6.07) is 9.01. The van der Waals surface area contributed by atoms with Crippen LogP contribution in [-0.2, 0) is 6.42 Å². The largest absolute Gasteiger partial charge is 0.271 e. The third-order valence-corrected chi connectivity index (χ3v) is 5.00. The van der Waals surface area contributed by atoms with Gasteiger partial charge in [-0.1, -0.05) is 26.0 Å². The molecule has 1 aromatic carbocycles. The molecule has 96 valence electrons. The summed E-state index contributed by atoms with van der Waals surface area (Å²) in [5.41, 5.74) is 4.27. The number of thioether (sulfide) groups is 1. The first-order valence-corrected chi connectivity index (χ1v) is 8.10. The molecule has 4 heteroatoms. The zero-order chi connectivity index (χ0) is 12.7. The SMILES string of the molecule is CCC(C)SCC(Cc1ccc(I)cc1)NN. The van der Waals surface area contributed by atoms with Gasteiger partial charge in [0.1, 0.15) is 0 Å². The van der Waals surface area contributed by atoms with Gasteiger partial charge in [-0.05, 0) is 53.1 Å². The topological polar surface area (TPSA) is 38.0 Å². The predicted molar refractivity (Wildman–Crippen MR) is 86.2 cm³/mol. The van der Waals surface area contributed by atoms with Crippen molar-refractivity contribution in [3.8, 4) is 0 Å². The monoisotopic (exact) mass is 364 g/mol. The molecule has 0 fully saturated rings. The summed E-state index contributed by atoms with van der Waals surface area (Å²) in [5, 5.41) is 0.711. The molecule has 0 radical (unpaired) electrons. The van der Waals surface area contributed by atoms with E-state index in [4.69, 9.17) is 5.84 Å². The molecule has 0 spiro atoms. The summed E-state index contributed by atoms with van der Waals surface area (Å²) in [6.45, 7) is 4.49. The molecule has 17 heavy (non-hydrogen) atoms. The Kier molecular flexibility index (Phi) is 7.50. The first-order valence-electron chi connectivity index (χ1n) is 5.97. The fourth-order valence-corrected chi connectivity index (χ4v) is 2.84. The van der Waals surface area contributed by atoms with Crippen molar-refractivity contribution in [1.29, 1.82) is 0 Å². The molecule has 1 aromatic rings. The van der Waals surface area contributed by atoms with E-state index in [1.54, 1.807) is 0 Å². The van der Waals surface area contributed by atoms with Gasteiger partial charge in [-0.25, -0.2) is 0 Å². The van der Waals surface area contributed by atoms with Gasteiger partial charge in [-0.15, -0.1) is 0 Å². The molecule has 0 saturated carbocycles. The van der Waals surface area contributed by atoms with Gasteiger partial charge in [0.15, 0.2) is 0 Å². The Morgan fingerprint density at radius 1 is 1.35 bits per heavy atom. The minimum atomic E-state index is 0.356. The Balaban J connectivity index is 2.43. The number of benzene rings is 1. The van der Waals surface area contributed by atoms with E-state index in [2.05, 4.69) is 66.1 Å². The lowest BCUT2D eigenvalue weighted by atomic mass is 10.1. The van der Waals surface area contributed by atoms with Crippen LogP contribution in [0, 0.1) is 3.57 Å². The molecular formula is C13H21IN2S. The standard InChI is InChI=1S/C13H21IN2S/c1-3-10(2)17-9-13(16-15)8-11-4-6-12(14)7-5-11/h4-7,10,13,16H,3,8-9,15H2,1-2H3. The fourth-order valence-electron chi connectivity index (χ4n) is 1.47. The van der Waals surface area contributed by atoms with Crippen LogP contribution in [-0.4, -0.2) is 17.0 Å². The van der Waals surface area contributed by atoms with Gasteiger partial charge in [0.25, 0.3) is 0 Å². The normalized spacial score (nSPS) is 14.6. The fraction of sp³-hybridized carbons (Fsp3) is 0.538. The number of hydrogen-bond acceptors (Lipinski definition) is 3. The van der Waals surface area contributed by atoms with Crippen LogP contribution in [0.1, 0.15) is 25.8 Å². The molecule has 0 amide bonds. The van der Waals surface area contributed by atoms with Crippen LogP contribution < -0.4 is 11.3 Å². The first kappa shape index (κ1) is 15.3. The average Bonchev–Trinajstić information content (AvgIpc) is 2.36. The van der Waals surface area contributed by atoms with Gasteiger partial charge < -0.3 is 0 Å². The van der Waals surface area contributed by atoms with E-state index in [0.717, 1.165) is 12.2 Å². The highest BCUT2D eigenvalue weighted by molar-refractivity contribution is 14.1. The van der Waals surface area contributed by atoms with Gasteiger partial charge in [-0.3, -0.25) is 11.3 Å². The second-order valence-electron chi connectivity index (χ2n) is 4.25. The summed E-state index contributed by atoms with van der Waals surface area (Å²) >= 11 is 4.31. The number of halogens is 1. The van der Waals surface area contributed by atoms with E-state index < -0.39 is 0 Å². The molecule has 0 aliphatic heterocycles. The number of hydrazine groups is 1. The van der Waals surface area contributed by atoms with Crippen molar-refractivity contribution in [2.75, 3.05) is 5.75 Å². The van der Waals surface area contributed by atoms with E-state index >= 15 is 0 Å². The van der Waals surface area contributed by atoms with Crippen LogP contribution in [0.5, 0.6) is 0 Å². The number of hydrogen-bond donors (Lipinski definition) is 2. The van der Waals surface area contributed by atoms with Crippen LogP contribution in [0.15, 0.2) is 24.3 Å². The molecule has 0 aliphatic carbocycles. The second-order valence-corrected chi connectivity index (χ2v) is 6.96. The van der Waals surface area contributed by atoms with E-state index in [-0.39, 0.29) is 0 Å². The summed E-state index contributed by atoms with van der Waals surface area (Å²) in [7, 11) is 0. The van der Waals surface area contributed by atoms with Crippen molar-refractivity contribution in [3.05, 3.63) is 33.4 Å². The Bertz CT molecular complexity index is 316. The maximum Gasteiger partial charge on any atom is 0.0341 e. The van der Waals surface area contributed by atoms with E-state index in [0.29, 0.717) is 11.3 Å². The summed E-state index contributed by atoms with van der Waals surface area (Å²) < 4.78 is 1.28. The lowest BCUT2D eigenvalue weighted by Crippen LogP contribution is -2.39. The van der Waals surface area contributed by atoms with Gasteiger partial charge in [0.05, 0.1) is 0 Å². The molecule has 0 heterocycles. The minimum absolute atomic E-state index is 0.356. The van der Waals surface area contributed by atoms with E-state index in [1.807, 2.05) is 11.8 Å². The Hall–Kier alpha value is 0.220. The highest BCUT2D eigenvalue weighted by atomic mass is 127. The third kappa shape index (κ3) is 6.08. The highest BCUT2D eigenvalue weighted by Crippen LogP contribution is 2.16. The molecule has 2 nitrogen and oxygen atoms in total. The molecule has 2 unspecified atom stereocenters. The quantitative estimate of drug-likeness (QED) is 0.443. The van der Waals surface area contributed by atoms with E-state index in [9.17, 15) is 0 Å². The molecule has 3 N–H and O–H groups in total. The Morgan fingerprint density at radius 3 is 2.53 bits per heavy atom. The van der Waals surface area contributed by atoms with Gasteiger partial charge in [0.2, 0.25) is 0 Å².